The molecule has 2 aromatic carbocycles. The van der Waals surface area contributed by atoms with Gasteiger partial charge in [0.1, 0.15) is 11.6 Å². The number of likely N-dealkylation sites (tertiary alicyclic amines) is 1. The summed E-state index contributed by atoms with van der Waals surface area (Å²) < 4.78 is 15.5. The molecule has 0 radical (unpaired) electrons. The topological polar surface area (TPSA) is 71.0 Å². The van der Waals surface area contributed by atoms with Crippen LogP contribution in [0.2, 0.25) is 0 Å². The number of para-hydroxylation sites is 1. The molecule has 0 spiro atoms. The maximum atomic E-state index is 14.2. The lowest BCUT2D eigenvalue weighted by molar-refractivity contribution is -0.132. The number of nitrogens with zero attached hydrogens (tertiary/aromatic N) is 3. The quantitative estimate of drug-likeness (QED) is 0.569. The highest BCUT2D eigenvalue weighted by Gasteiger charge is 2.25. The lowest BCUT2D eigenvalue weighted by Gasteiger charge is -2.32. The van der Waals surface area contributed by atoms with E-state index in [1.165, 1.54) is 15.5 Å². The van der Waals surface area contributed by atoms with Gasteiger partial charge in [-0.25, -0.2) is 18.9 Å². The van der Waals surface area contributed by atoms with Crippen molar-refractivity contribution in [3.63, 3.8) is 0 Å². The van der Waals surface area contributed by atoms with Gasteiger partial charge in [-0.05, 0) is 43.0 Å². The molecule has 0 atom stereocenters. The Hall–Kier alpha value is -2.87. The van der Waals surface area contributed by atoms with Gasteiger partial charge in [-0.2, -0.15) is 5.10 Å². The first-order valence-electron chi connectivity index (χ1n) is 10.5. The van der Waals surface area contributed by atoms with Crippen molar-refractivity contribution >= 4 is 17.7 Å². The van der Waals surface area contributed by atoms with E-state index in [-0.39, 0.29) is 11.6 Å². The van der Waals surface area contributed by atoms with Gasteiger partial charge >= 0.3 is 5.69 Å². The van der Waals surface area contributed by atoms with Crippen LogP contribution in [0.25, 0.3) is 5.69 Å². The van der Waals surface area contributed by atoms with E-state index < -0.39 is 11.5 Å². The van der Waals surface area contributed by atoms with E-state index >= 15 is 0 Å². The number of thioether (sulfide) groups is 1. The molecule has 1 aromatic heterocycles. The van der Waals surface area contributed by atoms with Crippen LogP contribution < -0.4 is 5.69 Å². The summed E-state index contributed by atoms with van der Waals surface area (Å²) in [5.74, 6) is 1.32. The summed E-state index contributed by atoms with van der Waals surface area (Å²) in [6.07, 6.45) is 2.78. The summed E-state index contributed by atoms with van der Waals surface area (Å²) in [4.78, 5) is 27.8. The number of carbonyl (C=O) groups excluding carboxylic acids is 1. The van der Waals surface area contributed by atoms with Crippen LogP contribution in [0, 0.1) is 11.7 Å². The predicted octanol–water partition coefficient (Wildman–Crippen LogP) is 3.66. The lowest BCUT2D eigenvalue weighted by atomic mass is 9.93. The third-order valence-electron chi connectivity index (χ3n) is 5.60. The summed E-state index contributed by atoms with van der Waals surface area (Å²) in [5, 5.41) is 6.57. The third-order valence-corrected chi connectivity index (χ3v) is 6.62. The highest BCUT2D eigenvalue weighted by molar-refractivity contribution is 7.99. The molecule has 1 saturated heterocycles. The van der Waals surface area contributed by atoms with Crippen molar-refractivity contribution in [3.8, 4) is 5.69 Å². The van der Waals surface area contributed by atoms with E-state index in [1.54, 1.807) is 30.0 Å². The number of hydrogen-bond acceptors (Lipinski definition) is 4. The van der Waals surface area contributed by atoms with Crippen LogP contribution in [0.1, 0.15) is 25.1 Å². The Morgan fingerprint density at radius 3 is 2.55 bits per heavy atom. The first-order valence-corrected chi connectivity index (χ1v) is 11.5. The predicted molar refractivity (Wildman–Crippen MR) is 119 cm³/mol. The van der Waals surface area contributed by atoms with Crippen LogP contribution in [0.5, 0.6) is 0 Å². The fraction of sp³-hybridized carbons (Fsp3) is 0.348. The normalized spacial score (nSPS) is 14.7. The number of halogens is 1. The SMILES string of the molecule is O=C(CCSc1ccccc1)N1CCC(Cc2n[nH]c(=O)n2-c2ccccc2F)CC1. The van der Waals surface area contributed by atoms with Crippen molar-refractivity contribution in [2.45, 2.75) is 30.6 Å². The number of rotatable bonds is 7. The van der Waals surface area contributed by atoms with Crippen LogP contribution in [-0.2, 0) is 11.2 Å². The first-order chi connectivity index (χ1) is 15.1. The standard InChI is InChI=1S/C23H25FN4O2S/c24-19-8-4-5-9-20(19)28-21(25-26-23(28)30)16-17-10-13-27(14-11-17)22(29)12-15-31-18-6-2-1-3-7-18/h1-9,17H,10-16H2,(H,26,30). The minimum Gasteiger partial charge on any atom is -0.343 e. The average Bonchev–Trinajstić information content (AvgIpc) is 3.15. The van der Waals surface area contributed by atoms with Crippen LogP contribution in [0.15, 0.2) is 64.3 Å². The van der Waals surface area contributed by atoms with Gasteiger partial charge < -0.3 is 4.90 Å². The van der Waals surface area contributed by atoms with Gasteiger partial charge in [0, 0.05) is 36.6 Å². The summed E-state index contributed by atoms with van der Waals surface area (Å²) in [7, 11) is 0. The summed E-state index contributed by atoms with van der Waals surface area (Å²) in [6, 6.07) is 16.3. The van der Waals surface area contributed by atoms with Gasteiger partial charge in [-0.3, -0.25) is 4.79 Å². The number of hydrogen-bond donors (Lipinski definition) is 1. The number of amides is 1. The number of benzene rings is 2. The average molecular weight is 441 g/mol. The second-order valence-corrected chi connectivity index (χ2v) is 8.84. The Balaban J connectivity index is 1.30. The zero-order chi connectivity index (χ0) is 21.6. The number of H-pyrrole nitrogens is 1. The second-order valence-electron chi connectivity index (χ2n) is 7.67. The van der Waals surface area contributed by atoms with Crippen LogP contribution in [-0.4, -0.2) is 44.4 Å². The molecule has 1 fully saturated rings. The molecule has 1 aliphatic heterocycles. The second kappa shape index (κ2) is 9.96. The molecule has 1 amide bonds. The number of aromatic amines is 1. The van der Waals surface area contributed by atoms with Crippen molar-refractivity contribution in [1.29, 1.82) is 0 Å². The van der Waals surface area contributed by atoms with Gasteiger partial charge in [0.15, 0.2) is 0 Å². The van der Waals surface area contributed by atoms with Crippen molar-refractivity contribution in [2.24, 2.45) is 5.92 Å². The van der Waals surface area contributed by atoms with Gasteiger partial charge in [0.25, 0.3) is 0 Å². The summed E-state index contributed by atoms with van der Waals surface area (Å²) >= 11 is 1.70. The third kappa shape index (κ3) is 5.25. The van der Waals surface area contributed by atoms with Crippen molar-refractivity contribution < 1.29 is 9.18 Å². The van der Waals surface area contributed by atoms with Crippen LogP contribution in [0.4, 0.5) is 4.39 Å². The summed E-state index contributed by atoms with van der Waals surface area (Å²) in [6.45, 7) is 1.40. The first kappa shape index (κ1) is 21.4. The minimum absolute atomic E-state index is 0.185. The maximum Gasteiger partial charge on any atom is 0.348 e. The molecule has 0 aliphatic carbocycles. The van der Waals surface area contributed by atoms with E-state index in [0.717, 1.165) is 18.6 Å². The maximum absolute atomic E-state index is 14.2. The minimum atomic E-state index is -0.457. The molecule has 4 rings (SSSR count). The van der Waals surface area contributed by atoms with Gasteiger partial charge in [0.05, 0.1) is 5.69 Å². The Morgan fingerprint density at radius 2 is 1.81 bits per heavy atom. The van der Waals surface area contributed by atoms with Crippen molar-refractivity contribution in [3.05, 3.63) is 76.7 Å². The summed E-state index contributed by atoms with van der Waals surface area (Å²) in [5.41, 5.74) is -0.233. The largest absolute Gasteiger partial charge is 0.348 e. The van der Waals surface area contributed by atoms with E-state index in [2.05, 4.69) is 22.3 Å². The molecular formula is C23H25FN4O2S. The van der Waals surface area contributed by atoms with Gasteiger partial charge in [0.2, 0.25) is 5.91 Å². The zero-order valence-corrected chi connectivity index (χ0v) is 18.0. The Bertz CT molecular complexity index is 1070. The molecule has 1 aliphatic rings. The van der Waals surface area contributed by atoms with E-state index in [4.69, 9.17) is 0 Å². The smallest absolute Gasteiger partial charge is 0.343 e. The number of aromatic nitrogens is 3. The molecule has 1 N–H and O–H groups in total. The highest BCUT2D eigenvalue weighted by atomic mass is 32.2. The fourth-order valence-corrected chi connectivity index (χ4v) is 4.79. The zero-order valence-electron chi connectivity index (χ0n) is 17.2. The lowest BCUT2D eigenvalue weighted by Crippen LogP contribution is -2.39. The molecule has 0 bridgehead atoms. The van der Waals surface area contributed by atoms with Gasteiger partial charge in [-0.1, -0.05) is 30.3 Å². The Labute approximate surface area is 184 Å². The molecule has 0 saturated carbocycles. The monoisotopic (exact) mass is 440 g/mol. The molecule has 0 unspecified atom stereocenters. The fourth-order valence-electron chi connectivity index (χ4n) is 3.92. The molecule has 3 aromatic rings. The number of carbonyl (C=O) groups is 1. The van der Waals surface area contributed by atoms with Crippen LogP contribution in [0.3, 0.4) is 0 Å². The molecular weight excluding hydrogens is 415 g/mol. The molecule has 2 heterocycles. The number of piperidine rings is 1. The van der Waals surface area contributed by atoms with E-state index in [9.17, 15) is 14.0 Å². The molecule has 162 valence electrons. The van der Waals surface area contributed by atoms with Crippen LogP contribution >= 0.6 is 11.8 Å². The molecule has 31 heavy (non-hydrogen) atoms. The van der Waals surface area contributed by atoms with E-state index in [1.807, 2.05) is 23.1 Å². The van der Waals surface area contributed by atoms with Crippen molar-refractivity contribution in [2.75, 3.05) is 18.8 Å². The number of nitrogens with one attached hydrogen (secondary N) is 1. The van der Waals surface area contributed by atoms with Gasteiger partial charge in [-0.15, -0.1) is 11.8 Å². The molecule has 8 heteroatoms. The highest BCUT2D eigenvalue weighted by Crippen LogP contribution is 2.24. The Morgan fingerprint density at radius 1 is 1.10 bits per heavy atom. The van der Waals surface area contributed by atoms with Crippen molar-refractivity contribution in [1.82, 2.24) is 19.7 Å². The molecule has 6 nitrogen and oxygen atoms in total. The Kier molecular flexibility index (Phi) is 6.86. The van der Waals surface area contributed by atoms with E-state index in [0.29, 0.717) is 37.7 Å².